The molecule has 3 aromatic heterocycles. The van der Waals surface area contributed by atoms with Crippen molar-refractivity contribution in [3.05, 3.63) is 72.1 Å². The van der Waals surface area contributed by atoms with Gasteiger partial charge in [-0.3, -0.25) is 19.1 Å². The fourth-order valence-electron chi connectivity index (χ4n) is 5.42. The van der Waals surface area contributed by atoms with Crippen LogP contribution in [-0.2, 0) is 16.1 Å². The number of likely N-dealkylation sites (tertiary alicyclic amines) is 1. The molecule has 2 atom stereocenters. The number of hydrogen-bond acceptors (Lipinski definition) is 7. The minimum Gasteiger partial charge on any atom is -0.432 e. The summed E-state index contributed by atoms with van der Waals surface area (Å²) in [5.41, 5.74) is 3.04. The highest BCUT2D eigenvalue weighted by Gasteiger charge is 2.40. The number of alkyl halides is 3. The molecule has 0 aliphatic carbocycles. The van der Waals surface area contributed by atoms with Gasteiger partial charge in [-0.1, -0.05) is 12.1 Å². The molecule has 11 nitrogen and oxygen atoms in total. The number of Topliss-reactive ketones (excluding diaryl/α,β-unsaturated/α-hetero) is 1. The lowest BCUT2D eigenvalue weighted by Gasteiger charge is -2.24. The zero-order valence-corrected chi connectivity index (χ0v) is 23.9. The Bertz CT molecular complexity index is 1970. The molecule has 1 N–H and O–H groups in total. The molecule has 1 saturated heterocycles. The van der Waals surface area contributed by atoms with Crippen molar-refractivity contribution < 1.29 is 36.7 Å². The third-order valence-corrected chi connectivity index (χ3v) is 7.45. The summed E-state index contributed by atoms with van der Waals surface area (Å²) >= 11 is 0. The average molecular weight is 624 g/mol. The van der Waals surface area contributed by atoms with Crippen LogP contribution in [-0.4, -0.2) is 72.2 Å². The van der Waals surface area contributed by atoms with Gasteiger partial charge in [0.1, 0.15) is 24.5 Å². The number of nitrogens with zero attached hydrogens (tertiary/aromatic N) is 6. The third-order valence-electron chi connectivity index (χ3n) is 7.45. The van der Waals surface area contributed by atoms with E-state index in [4.69, 9.17) is 0 Å². The Morgan fingerprint density at radius 1 is 1.11 bits per heavy atom. The molecule has 0 bridgehead atoms. The monoisotopic (exact) mass is 623 g/mol. The number of amides is 2. The van der Waals surface area contributed by atoms with Gasteiger partial charge < -0.3 is 15.0 Å². The predicted molar refractivity (Wildman–Crippen MR) is 153 cm³/mol. The molecule has 2 amide bonds. The zero-order valence-electron chi connectivity index (χ0n) is 23.9. The first-order valence-corrected chi connectivity index (χ1v) is 13.8. The minimum atomic E-state index is -3.29. The van der Waals surface area contributed by atoms with Gasteiger partial charge in [-0.25, -0.2) is 18.3 Å². The maximum absolute atomic E-state index is 14.6. The number of ketones is 1. The van der Waals surface area contributed by atoms with Crippen molar-refractivity contribution in [3.63, 3.8) is 0 Å². The van der Waals surface area contributed by atoms with Crippen LogP contribution in [0.15, 0.2) is 54.9 Å². The number of aryl methyl sites for hydroxylation is 1. The second kappa shape index (κ2) is 11.6. The van der Waals surface area contributed by atoms with E-state index < -0.39 is 61.0 Å². The number of aromatic nitrogens is 5. The van der Waals surface area contributed by atoms with Crippen LogP contribution in [0.3, 0.4) is 0 Å². The van der Waals surface area contributed by atoms with Gasteiger partial charge in [0.2, 0.25) is 11.8 Å². The van der Waals surface area contributed by atoms with Crippen molar-refractivity contribution in [2.75, 3.05) is 11.9 Å². The van der Waals surface area contributed by atoms with E-state index >= 15 is 0 Å². The van der Waals surface area contributed by atoms with Crippen LogP contribution < -0.4 is 10.1 Å². The van der Waals surface area contributed by atoms with Crippen LogP contribution >= 0.6 is 0 Å². The van der Waals surface area contributed by atoms with Gasteiger partial charge in [-0.2, -0.15) is 19.0 Å². The molecule has 0 radical (unpaired) electrons. The van der Waals surface area contributed by atoms with Gasteiger partial charge in [-0.05, 0) is 36.8 Å². The van der Waals surface area contributed by atoms with Gasteiger partial charge in [-0.15, -0.1) is 0 Å². The highest BCUT2D eigenvalue weighted by molar-refractivity contribution is 6.06. The SMILES string of the molecule is CC(=O)c1nn(CC(=O)N2C[C@H](F)C[C@H]2C(=O)Nc2cccc(OC(F)F)c2F)c2ccc(-c3cnc4cc(C)nn4c3)cc12. The lowest BCUT2D eigenvalue weighted by atomic mass is 10.0. The van der Waals surface area contributed by atoms with Crippen molar-refractivity contribution >= 4 is 39.8 Å². The topological polar surface area (TPSA) is 124 Å². The number of anilines is 1. The average Bonchev–Trinajstić information content (AvgIpc) is 3.68. The Labute approximate surface area is 252 Å². The molecule has 0 saturated carbocycles. The van der Waals surface area contributed by atoms with Crippen LogP contribution in [0.5, 0.6) is 5.75 Å². The van der Waals surface area contributed by atoms with E-state index in [0.29, 0.717) is 16.6 Å². The molecule has 2 aromatic carbocycles. The summed E-state index contributed by atoms with van der Waals surface area (Å²) in [5.74, 6) is -3.95. The smallest absolute Gasteiger partial charge is 0.387 e. The molecule has 1 aliphatic heterocycles. The number of fused-ring (bicyclic) bond motifs is 2. The third kappa shape index (κ3) is 5.80. The molecular formula is C30H25F4N7O4. The van der Waals surface area contributed by atoms with E-state index in [1.165, 1.54) is 17.7 Å². The first-order chi connectivity index (χ1) is 21.5. The first kappa shape index (κ1) is 29.7. The summed E-state index contributed by atoms with van der Waals surface area (Å²) in [6.45, 7) is -0.921. The normalized spacial score (nSPS) is 16.6. The van der Waals surface area contributed by atoms with Gasteiger partial charge >= 0.3 is 6.61 Å². The van der Waals surface area contributed by atoms with E-state index in [9.17, 15) is 31.9 Å². The Morgan fingerprint density at radius 2 is 1.91 bits per heavy atom. The first-order valence-electron chi connectivity index (χ1n) is 13.8. The predicted octanol–water partition coefficient (Wildman–Crippen LogP) is 4.58. The van der Waals surface area contributed by atoms with Crippen molar-refractivity contribution in [2.24, 2.45) is 0 Å². The second-order valence-electron chi connectivity index (χ2n) is 10.6. The molecule has 5 aromatic rings. The number of hydrogen-bond donors (Lipinski definition) is 1. The van der Waals surface area contributed by atoms with Crippen LogP contribution in [0.4, 0.5) is 23.2 Å². The quantitative estimate of drug-likeness (QED) is 0.198. The van der Waals surface area contributed by atoms with E-state index in [-0.39, 0.29) is 17.9 Å². The molecule has 232 valence electrons. The number of halogens is 4. The molecule has 15 heteroatoms. The van der Waals surface area contributed by atoms with Crippen LogP contribution in [0.2, 0.25) is 0 Å². The molecule has 0 unspecified atom stereocenters. The Kier molecular flexibility index (Phi) is 7.68. The molecular weight excluding hydrogens is 598 g/mol. The van der Waals surface area contributed by atoms with E-state index in [2.05, 4.69) is 25.2 Å². The number of benzene rings is 2. The second-order valence-corrected chi connectivity index (χ2v) is 10.6. The van der Waals surface area contributed by atoms with Gasteiger partial charge in [0.25, 0.3) is 0 Å². The van der Waals surface area contributed by atoms with Gasteiger partial charge in [0.15, 0.2) is 23.0 Å². The molecule has 1 aliphatic rings. The number of carbonyl (C=O) groups excluding carboxylic acids is 3. The highest BCUT2D eigenvalue weighted by atomic mass is 19.3. The van der Waals surface area contributed by atoms with Gasteiger partial charge in [0.05, 0.1) is 23.4 Å². The molecule has 6 rings (SSSR count). The van der Waals surface area contributed by atoms with E-state index in [1.54, 1.807) is 35.1 Å². The van der Waals surface area contributed by atoms with Crippen LogP contribution in [0.25, 0.3) is 27.7 Å². The maximum Gasteiger partial charge on any atom is 0.387 e. The summed E-state index contributed by atoms with van der Waals surface area (Å²) in [6, 6.07) is 9.02. The largest absolute Gasteiger partial charge is 0.432 e. The minimum absolute atomic E-state index is 0.115. The Morgan fingerprint density at radius 3 is 2.67 bits per heavy atom. The number of ether oxygens (including phenoxy) is 1. The molecule has 45 heavy (non-hydrogen) atoms. The molecule has 0 spiro atoms. The van der Waals surface area contributed by atoms with Crippen molar-refractivity contribution in [1.82, 2.24) is 29.3 Å². The van der Waals surface area contributed by atoms with E-state index in [0.717, 1.165) is 33.9 Å². The molecule has 1 fully saturated rings. The van der Waals surface area contributed by atoms with Crippen LogP contribution in [0, 0.1) is 12.7 Å². The van der Waals surface area contributed by atoms with Crippen LogP contribution in [0.1, 0.15) is 29.5 Å². The summed E-state index contributed by atoms with van der Waals surface area (Å²) in [7, 11) is 0. The lowest BCUT2D eigenvalue weighted by molar-refractivity contribution is -0.137. The maximum atomic E-state index is 14.6. The number of carbonyl (C=O) groups is 3. The Hall–Kier alpha value is -5.34. The highest BCUT2D eigenvalue weighted by Crippen LogP contribution is 2.30. The lowest BCUT2D eigenvalue weighted by Crippen LogP contribution is -2.44. The number of nitrogens with one attached hydrogen (secondary N) is 1. The van der Waals surface area contributed by atoms with Crippen molar-refractivity contribution in [2.45, 2.75) is 45.6 Å². The van der Waals surface area contributed by atoms with Crippen molar-refractivity contribution in [1.29, 1.82) is 0 Å². The molecule has 4 heterocycles. The Balaban J connectivity index is 1.25. The summed E-state index contributed by atoms with van der Waals surface area (Å²) in [4.78, 5) is 44.5. The zero-order chi connectivity index (χ0) is 32.0. The summed E-state index contributed by atoms with van der Waals surface area (Å²) < 4.78 is 61.5. The fraction of sp³-hybridized carbons (Fsp3) is 0.267. The van der Waals surface area contributed by atoms with Gasteiger partial charge in [0, 0.05) is 42.8 Å². The van der Waals surface area contributed by atoms with Crippen molar-refractivity contribution in [3.8, 4) is 16.9 Å². The summed E-state index contributed by atoms with van der Waals surface area (Å²) in [5, 5.41) is 11.5. The van der Waals surface area contributed by atoms with E-state index in [1.807, 2.05) is 13.0 Å². The fourth-order valence-corrected chi connectivity index (χ4v) is 5.42. The standard InChI is InChI=1S/C30H25F4N7O4/c1-15-8-25-35-11-18(12-41(25)37-15)17-6-7-22-20(9-17)28(16(2)42)38-40(22)14-26(43)39-13-19(31)10-23(39)29(44)36-21-4-3-5-24(27(21)32)45-30(33)34/h3-9,11-12,19,23,30H,10,13-14H2,1-2H3,(H,36,44)/t19-,23+/m1/s1. The number of rotatable bonds is 8. The summed E-state index contributed by atoms with van der Waals surface area (Å²) in [6.07, 6.45) is 1.58.